The van der Waals surface area contributed by atoms with Crippen LogP contribution in [0.4, 0.5) is 0 Å². The number of imidazole rings is 1. The van der Waals surface area contributed by atoms with Crippen molar-refractivity contribution >= 4 is 11.8 Å². The first-order valence-electron chi connectivity index (χ1n) is 6.69. The predicted octanol–water partition coefficient (Wildman–Crippen LogP) is 2.51. The van der Waals surface area contributed by atoms with Crippen molar-refractivity contribution < 1.29 is 9.84 Å². The van der Waals surface area contributed by atoms with Crippen LogP contribution >= 0.6 is 11.8 Å². The number of aliphatic hydroxyl groups excluding tert-OH is 1. The smallest absolute Gasteiger partial charge is 0.167 e. The summed E-state index contributed by atoms with van der Waals surface area (Å²) in [6.45, 7) is 2.41. The van der Waals surface area contributed by atoms with Crippen LogP contribution in [0.1, 0.15) is 12.5 Å². The highest BCUT2D eigenvalue weighted by atomic mass is 32.2. The van der Waals surface area contributed by atoms with E-state index in [-0.39, 0.29) is 0 Å². The lowest BCUT2D eigenvalue weighted by molar-refractivity contribution is 0.126. The van der Waals surface area contributed by atoms with Gasteiger partial charge in [-0.05, 0) is 24.1 Å². The quantitative estimate of drug-likeness (QED) is 0.797. The Balaban J connectivity index is 1.74. The van der Waals surface area contributed by atoms with Crippen LogP contribution in [0.25, 0.3) is 0 Å². The second-order valence-electron chi connectivity index (χ2n) is 4.59. The average molecular weight is 292 g/mol. The van der Waals surface area contributed by atoms with Gasteiger partial charge in [0.05, 0.1) is 6.10 Å². The maximum atomic E-state index is 9.92. The number of hydrogen-bond acceptors (Lipinski definition) is 4. The third-order valence-electron chi connectivity index (χ3n) is 2.96. The Morgan fingerprint density at radius 1 is 1.35 bits per heavy atom. The van der Waals surface area contributed by atoms with E-state index in [9.17, 15) is 5.11 Å². The summed E-state index contributed by atoms with van der Waals surface area (Å²) in [7, 11) is 1.94. The lowest BCUT2D eigenvalue weighted by atomic mass is 10.2. The van der Waals surface area contributed by atoms with E-state index in [1.165, 1.54) is 17.3 Å². The predicted molar refractivity (Wildman–Crippen MR) is 81.3 cm³/mol. The van der Waals surface area contributed by atoms with E-state index in [1.54, 1.807) is 6.20 Å². The molecule has 0 aliphatic rings. The first-order chi connectivity index (χ1) is 9.69. The molecule has 1 heterocycles. The molecule has 0 spiro atoms. The van der Waals surface area contributed by atoms with Gasteiger partial charge in [0.15, 0.2) is 5.16 Å². The van der Waals surface area contributed by atoms with Gasteiger partial charge in [0.2, 0.25) is 0 Å². The van der Waals surface area contributed by atoms with Gasteiger partial charge in [-0.3, -0.25) is 0 Å². The van der Waals surface area contributed by atoms with Crippen LogP contribution in [-0.2, 0) is 13.5 Å². The highest BCUT2D eigenvalue weighted by Crippen LogP contribution is 2.17. The molecule has 0 bridgehead atoms. The number of aryl methyl sites for hydroxylation is 2. The Hall–Kier alpha value is -1.46. The Morgan fingerprint density at radius 3 is 2.70 bits per heavy atom. The standard InChI is InChI=1S/C15H20N2O2S/c1-3-12-4-6-14(7-5-12)19-10-13(18)11-20-15-16-8-9-17(15)2/h4-9,13,18H,3,10-11H2,1-2H3. The molecule has 2 rings (SSSR count). The SMILES string of the molecule is CCc1ccc(OCC(O)CSc2nccn2C)cc1. The van der Waals surface area contributed by atoms with E-state index in [0.717, 1.165) is 17.3 Å². The van der Waals surface area contributed by atoms with E-state index in [2.05, 4.69) is 11.9 Å². The fourth-order valence-corrected chi connectivity index (χ4v) is 2.56. The molecule has 0 aliphatic heterocycles. The molecule has 1 N–H and O–H groups in total. The molecule has 4 nitrogen and oxygen atoms in total. The fourth-order valence-electron chi connectivity index (χ4n) is 1.72. The molecule has 2 aromatic rings. The van der Waals surface area contributed by atoms with Gasteiger partial charge in [-0.1, -0.05) is 30.8 Å². The molecule has 1 aromatic heterocycles. The van der Waals surface area contributed by atoms with Crippen molar-refractivity contribution in [2.24, 2.45) is 7.05 Å². The minimum Gasteiger partial charge on any atom is -0.491 e. The topological polar surface area (TPSA) is 47.3 Å². The van der Waals surface area contributed by atoms with E-state index < -0.39 is 6.10 Å². The zero-order chi connectivity index (χ0) is 14.4. The number of nitrogens with zero attached hydrogens (tertiary/aromatic N) is 2. The van der Waals surface area contributed by atoms with E-state index in [0.29, 0.717) is 12.4 Å². The summed E-state index contributed by atoms with van der Waals surface area (Å²) < 4.78 is 7.51. The zero-order valence-electron chi connectivity index (χ0n) is 11.8. The van der Waals surface area contributed by atoms with Crippen LogP contribution in [-0.4, -0.2) is 33.1 Å². The lowest BCUT2D eigenvalue weighted by Crippen LogP contribution is -2.20. The second-order valence-corrected chi connectivity index (χ2v) is 5.58. The summed E-state index contributed by atoms with van der Waals surface area (Å²) in [6.07, 6.45) is 4.15. The molecule has 0 saturated heterocycles. The molecule has 108 valence electrons. The number of hydrogen-bond donors (Lipinski definition) is 1. The fraction of sp³-hybridized carbons (Fsp3) is 0.400. The summed E-state index contributed by atoms with van der Waals surface area (Å²) in [5.74, 6) is 1.36. The number of rotatable bonds is 7. The van der Waals surface area contributed by atoms with Gasteiger partial charge in [-0.25, -0.2) is 4.98 Å². The maximum absolute atomic E-state index is 9.92. The van der Waals surface area contributed by atoms with Crippen molar-refractivity contribution in [3.05, 3.63) is 42.2 Å². The molecular formula is C15H20N2O2S. The molecule has 0 amide bonds. The summed E-state index contributed by atoms with van der Waals surface area (Å²) >= 11 is 1.52. The van der Waals surface area contributed by atoms with Gasteiger partial charge < -0.3 is 14.4 Å². The van der Waals surface area contributed by atoms with E-state index in [1.807, 2.05) is 42.1 Å². The summed E-state index contributed by atoms with van der Waals surface area (Å²) in [5.41, 5.74) is 1.28. The summed E-state index contributed by atoms with van der Waals surface area (Å²) in [4.78, 5) is 4.20. The van der Waals surface area contributed by atoms with Crippen LogP contribution in [0.15, 0.2) is 41.8 Å². The number of ether oxygens (including phenoxy) is 1. The van der Waals surface area contributed by atoms with Crippen LogP contribution < -0.4 is 4.74 Å². The Morgan fingerprint density at radius 2 is 2.10 bits per heavy atom. The zero-order valence-corrected chi connectivity index (χ0v) is 12.6. The van der Waals surface area contributed by atoms with Gasteiger partial charge in [-0.15, -0.1) is 0 Å². The molecule has 1 atom stereocenters. The van der Waals surface area contributed by atoms with Gasteiger partial charge in [-0.2, -0.15) is 0 Å². The van der Waals surface area contributed by atoms with Gasteiger partial charge in [0, 0.05) is 25.2 Å². The van der Waals surface area contributed by atoms with Gasteiger partial charge in [0.25, 0.3) is 0 Å². The summed E-state index contributed by atoms with van der Waals surface area (Å²) in [6, 6.07) is 7.98. The normalized spacial score (nSPS) is 12.3. The summed E-state index contributed by atoms with van der Waals surface area (Å²) in [5, 5.41) is 10.8. The van der Waals surface area contributed by atoms with Crippen molar-refractivity contribution in [1.82, 2.24) is 9.55 Å². The van der Waals surface area contributed by atoms with Crippen molar-refractivity contribution in [3.63, 3.8) is 0 Å². The number of aromatic nitrogens is 2. The van der Waals surface area contributed by atoms with Crippen LogP contribution in [0, 0.1) is 0 Å². The molecule has 0 fully saturated rings. The molecule has 1 unspecified atom stereocenters. The Bertz CT molecular complexity index is 525. The van der Waals surface area contributed by atoms with Crippen LogP contribution in [0.2, 0.25) is 0 Å². The first-order valence-corrected chi connectivity index (χ1v) is 7.67. The Kier molecular flexibility index (Phi) is 5.49. The monoisotopic (exact) mass is 292 g/mol. The maximum Gasteiger partial charge on any atom is 0.167 e. The molecule has 0 aliphatic carbocycles. The minimum atomic E-state index is -0.512. The number of thioether (sulfide) groups is 1. The second kappa shape index (κ2) is 7.36. The minimum absolute atomic E-state index is 0.295. The number of benzene rings is 1. The third kappa shape index (κ3) is 4.28. The van der Waals surface area contributed by atoms with Crippen LogP contribution in [0.5, 0.6) is 5.75 Å². The van der Waals surface area contributed by atoms with Crippen molar-refractivity contribution in [2.75, 3.05) is 12.4 Å². The van der Waals surface area contributed by atoms with Crippen molar-refractivity contribution in [1.29, 1.82) is 0 Å². The Labute approximate surface area is 123 Å². The molecular weight excluding hydrogens is 272 g/mol. The van der Waals surface area contributed by atoms with E-state index in [4.69, 9.17) is 4.74 Å². The molecule has 5 heteroatoms. The van der Waals surface area contributed by atoms with Crippen LogP contribution in [0.3, 0.4) is 0 Å². The highest BCUT2D eigenvalue weighted by Gasteiger charge is 2.08. The number of aliphatic hydroxyl groups is 1. The van der Waals surface area contributed by atoms with Gasteiger partial charge in [0.1, 0.15) is 12.4 Å². The molecule has 0 saturated carbocycles. The molecule has 1 aromatic carbocycles. The van der Waals surface area contributed by atoms with Crippen molar-refractivity contribution in [2.45, 2.75) is 24.6 Å². The molecule has 20 heavy (non-hydrogen) atoms. The van der Waals surface area contributed by atoms with Crippen molar-refractivity contribution in [3.8, 4) is 5.75 Å². The largest absolute Gasteiger partial charge is 0.491 e. The lowest BCUT2D eigenvalue weighted by Gasteiger charge is -2.12. The first kappa shape index (κ1) is 14.9. The van der Waals surface area contributed by atoms with Gasteiger partial charge >= 0.3 is 0 Å². The van der Waals surface area contributed by atoms with E-state index >= 15 is 0 Å². The third-order valence-corrected chi connectivity index (χ3v) is 4.16. The highest BCUT2D eigenvalue weighted by molar-refractivity contribution is 7.99. The average Bonchev–Trinajstić information content (AvgIpc) is 2.89. The molecule has 0 radical (unpaired) electrons.